The van der Waals surface area contributed by atoms with Crippen molar-refractivity contribution in [2.45, 2.75) is 39.7 Å². The first-order valence-corrected chi connectivity index (χ1v) is 5.66. The van der Waals surface area contributed by atoms with Gasteiger partial charge in [0.15, 0.2) is 0 Å². The summed E-state index contributed by atoms with van der Waals surface area (Å²) in [4.78, 5) is 13.8. The number of hydrogen-bond acceptors (Lipinski definition) is 1. The molecule has 0 heterocycles. The largest absolute Gasteiger partial charge is 0.342 e. The first-order chi connectivity index (χ1) is 6.45. The van der Waals surface area contributed by atoms with Crippen LogP contribution < -0.4 is 5.32 Å². The molecule has 0 aromatic carbocycles. The van der Waals surface area contributed by atoms with E-state index in [4.69, 9.17) is 0 Å². The Morgan fingerprint density at radius 2 is 2.07 bits per heavy atom. The Hall–Kier alpha value is -0.490. The molecule has 1 saturated carbocycles. The highest BCUT2D eigenvalue weighted by atomic mass is 79.9. The molecule has 1 fully saturated rings. The highest BCUT2D eigenvalue weighted by Gasteiger charge is 2.39. The SMILES string of the molecule is CC(C)(C)C(NC(=O)C#CBr)C1CC1. The predicted octanol–water partition coefficient (Wildman–Crippen LogP) is 2.28. The zero-order chi connectivity index (χ0) is 10.8. The lowest BCUT2D eigenvalue weighted by Crippen LogP contribution is -2.44. The van der Waals surface area contributed by atoms with Crippen molar-refractivity contribution in [1.29, 1.82) is 0 Å². The number of rotatable bonds is 2. The predicted molar refractivity (Wildman–Crippen MR) is 60.8 cm³/mol. The zero-order valence-corrected chi connectivity index (χ0v) is 10.4. The van der Waals surface area contributed by atoms with Crippen LogP contribution in [0.15, 0.2) is 0 Å². The molecular formula is C11H16BrNO. The Balaban J connectivity index is 2.59. The third-order valence-corrected chi connectivity index (χ3v) is 2.67. The van der Waals surface area contributed by atoms with Crippen LogP contribution in [-0.4, -0.2) is 11.9 Å². The maximum absolute atomic E-state index is 11.3. The second-order valence-electron chi connectivity index (χ2n) is 4.87. The molecule has 0 aromatic heterocycles. The molecule has 1 amide bonds. The van der Waals surface area contributed by atoms with Crippen molar-refractivity contribution in [3.05, 3.63) is 0 Å². The van der Waals surface area contributed by atoms with Crippen LogP contribution in [0.1, 0.15) is 33.6 Å². The summed E-state index contributed by atoms with van der Waals surface area (Å²) < 4.78 is 0. The third kappa shape index (κ3) is 3.34. The van der Waals surface area contributed by atoms with Gasteiger partial charge in [0.25, 0.3) is 5.91 Å². The molecular weight excluding hydrogens is 242 g/mol. The minimum atomic E-state index is -0.186. The van der Waals surface area contributed by atoms with Crippen LogP contribution in [0.5, 0.6) is 0 Å². The van der Waals surface area contributed by atoms with E-state index >= 15 is 0 Å². The summed E-state index contributed by atoms with van der Waals surface area (Å²) in [6.07, 6.45) is 2.45. The number of hydrogen-bond donors (Lipinski definition) is 1. The van der Waals surface area contributed by atoms with Gasteiger partial charge < -0.3 is 5.32 Å². The van der Waals surface area contributed by atoms with Gasteiger partial charge in [-0.1, -0.05) is 20.8 Å². The first kappa shape index (κ1) is 11.6. The van der Waals surface area contributed by atoms with Crippen LogP contribution in [0.2, 0.25) is 0 Å². The first-order valence-electron chi connectivity index (χ1n) is 4.87. The number of nitrogens with one attached hydrogen (secondary N) is 1. The summed E-state index contributed by atoms with van der Waals surface area (Å²) in [5.41, 5.74) is 0.116. The molecule has 0 radical (unpaired) electrons. The fourth-order valence-corrected chi connectivity index (χ4v) is 1.87. The second-order valence-corrected chi connectivity index (χ2v) is 5.27. The topological polar surface area (TPSA) is 29.1 Å². The molecule has 1 atom stereocenters. The highest BCUT2D eigenvalue weighted by molar-refractivity contribution is 9.12. The highest BCUT2D eigenvalue weighted by Crippen LogP contribution is 2.40. The Bertz CT molecular complexity index is 278. The second kappa shape index (κ2) is 4.35. The third-order valence-electron chi connectivity index (χ3n) is 2.47. The van der Waals surface area contributed by atoms with Gasteiger partial charge in [0.1, 0.15) is 0 Å². The number of carbonyl (C=O) groups is 1. The molecule has 0 aromatic rings. The van der Waals surface area contributed by atoms with Crippen molar-refractivity contribution in [1.82, 2.24) is 5.32 Å². The molecule has 1 aliphatic rings. The molecule has 1 N–H and O–H groups in total. The summed E-state index contributed by atoms with van der Waals surface area (Å²) in [6, 6.07) is 0.253. The van der Waals surface area contributed by atoms with Gasteiger partial charge in [-0.2, -0.15) is 0 Å². The van der Waals surface area contributed by atoms with E-state index in [1.165, 1.54) is 12.8 Å². The van der Waals surface area contributed by atoms with E-state index in [1.54, 1.807) is 0 Å². The smallest absolute Gasteiger partial charge is 0.297 e. The van der Waals surface area contributed by atoms with Crippen LogP contribution >= 0.6 is 15.9 Å². The number of halogens is 1. The molecule has 1 rings (SSSR count). The van der Waals surface area contributed by atoms with Gasteiger partial charge in [-0.05, 0) is 29.0 Å². The quantitative estimate of drug-likeness (QED) is 0.756. The monoisotopic (exact) mass is 257 g/mol. The minimum absolute atomic E-state index is 0.116. The minimum Gasteiger partial charge on any atom is -0.342 e. The average molecular weight is 258 g/mol. The van der Waals surface area contributed by atoms with Gasteiger partial charge in [0, 0.05) is 27.9 Å². The number of carbonyl (C=O) groups excluding carboxylic acids is 1. The lowest BCUT2D eigenvalue weighted by molar-refractivity contribution is -0.117. The zero-order valence-electron chi connectivity index (χ0n) is 8.86. The summed E-state index contributed by atoms with van der Waals surface area (Å²) >= 11 is 2.92. The Morgan fingerprint density at radius 3 is 2.43 bits per heavy atom. The van der Waals surface area contributed by atoms with Crippen LogP contribution in [0.25, 0.3) is 0 Å². The van der Waals surface area contributed by atoms with Crippen molar-refractivity contribution in [3.63, 3.8) is 0 Å². The van der Waals surface area contributed by atoms with Crippen molar-refractivity contribution in [3.8, 4) is 10.8 Å². The molecule has 1 unspecified atom stereocenters. The number of amides is 1. The lowest BCUT2D eigenvalue weighted by Gasteiger charge is -2.30. The molecule has 2 nitrogen and oxygen atoms in total. The fraction of sp³-hybridized carbons (Fsp3) is 0.727. The molecule has 14 heavy (non-hydrogen) atoms. The normalized spacial score (nSPS) is 18.0. The Labute approximate surface area is 94.0 Å². The van der Waals surface area contributed by atoms with E-state index in [2.05, 4.69) is 52.8 Å². The van der Waals surface area contributed by atoms with Gasteiger partial charge in [0.2, 0.25) is 0 Å². The van der Waals surface area contributed by atoms with Crippen molar-refractivity contribution < 1.29 is 4.79 Å². The standard InChI is InChI=1S/C11H16BrNO/c1-11(2,3)10(8-4-5-8)13-9(14)6-7-12/h8,10H,4-5H2,1-3H3,(H,13,14). The van der Waals surface area contributed by atoms with E-state index in [0.29, 0.717) is 5.92 Å². The maximum atomic E-state index is 11.3. The van der Waals surface area contributed by atoms with Crippen molar-refractivity contribution in [2.24, 2.45) is 11.3 Å². The van der Waals surface area contributed by atoms with Crippen LogP contribution in [0, 0.1) is 22.1 Å². The van der Waals surface area contributed by atoms with Gasteiger partial charge in [0.05, 0.1) is 0 Å². The Kier molecular flexibility index (Phi) is 3.60. The van der Waals surface area contributed by atoms with E-state index in [9.17, 15) is 4.79 Å². The van der Waals surface area contributed by atoms with E-state index in [-0.39, 0.29) is 17.4 Å². The lowest BCUT2D eigenvalue weighted by atomic mass is 9.83. The molecule has 3 heteroatoms. The molecule has 0 saturated heterocycles. The van der Waals surface area contributed by atoms with Crippen LogP contribution in [0.3, 0.4) is 0 Å². The maximum Gasteiger partial charge on any atom is 0.297 e. The van der Waals surface area contributed by atoms with Crippen LogP contribution in [-0.2, 0) is 4.79 Å². The average Bonchev–Trinajstić information content (AvgIpc) is 2.81. The molecule has 0 aliphatic heterocycles. The molecule has 1 aliphatic carbocycles. The van der Waals surface area contributed by atoms with Gasteiger partial charge in [-0.3, -0.25) is 4.79 Å². The summed E-state index contributed by atoms with van der Waals surface area (Å²) in [5.74, 6) is 2.91. The van der Waals surface area contributed by atoms with Gasteiger partial charge in [-0.25, -0.2) is 0 Å². The van der Waals surface area contributed by atoms with E-state index < -0.39 is 0 Å². The van der Waals surface area contributed by atoms with Crippen LogP contribution in [0.4, 0.5) is 0 Å². The molecule has 78 valence electrons. The summed E-state index contributed by atoms with van der Waals surface area (Å²) in [7, 11) is 0. The Morgan fingerprint density at radius 1 is 1.50 bits per heavy atom. The summed E-state index contributed by atoms with van der Waals surface area (Å²) in [5, 5.41) is 2.98. The fourth-order valence-electron chi connectivity index (χ4n) is 1.69. The van der Waals surface area contributed by atoms with E-state index in [0.717, 1.165) is 0 Å². The van der Waals surface area contributed by atoms with Gasteiger partial charge in [-0.15, -0.1) is 0 Å². The molecule has 0 bridgehead atoms. The van der Waals surface area contributed by atoms with E-state index in [1.807, 2.05) is 0 Å². The van der Waals surface area contributed by atoms with Gasteiger partial charge >= 0.3 is 0 Å². The van der Waals surface area contributed by atoms with Crippen molar-refractivity contribution in [2.75, 3.05) is 0 Å². The summed E-state index contributed by atoms with van der Waals surface area (Å²) in [6.45, 7) is 6.45. The molecule has 0 spiro atoms. The van der Waals surface area contributed by atoms with Crippen molar-refractivity contribution >= 4 is 21.8 Å².